The molecule has 1 aromatic heterocycles. The highest BCUT2D eigenvalue weighted by molar-refractivity contribution is 5.93. The van der Waals surface area contributed by atoms with Crippen LogP contribution in [0.25, 0.3) is 5.69 Å². The standard InChI is InChI=1S/C27H35N5O2.2ClH/c1-19-9-8-12-25(20(19)2)31-15-13-30(14-16-31)18-24(33)17-28-27(34)26-21(3)32(22(4)29-26)23-10-6-5-7-11-23;;/h5-12,24,33H,13-18H2,1-4H3,(H,28,34);2*1H/t24-;;/m1../s1. The minimum absolute atomic E-state index is 0. The number of anilines is 1. The van der Waals surface area contributed by atoms with E-state index < -0.39 is 6.10 Å². The summed E-state index contributed by atoms with van der Waals surface area (Å²) >= 11 is 0. The van der Waals surface area contributed by atoms with Gasteiger partial charge in [0.05, 0.1) is 11.8 Å². The van der Waals surface area contributed by atoms with Gasteiger partial charge >= 0.3 is 0 Å². The first-order valence-electron chi connectivity index (χ1n) is 12.0. The van der Waals surface area contributed by atoms with Crippen molar-refractivity contribution in [2.75, 3.05) is 44.2 Å². The van der Waals surface area contributed by atoms with Gasteiger partial charge in [-0.2, -0.15) is 0 Å². The topological polar surface area (TPSA) is 73.6 Å². The summed E-state index contributed by atoms with van der Waals surface area (Å²) in [5.41, 5.74) is 6.11. The highest BCUT2D eigenvalue weighted by atomic mass is 35.5. The van der Waals surface area contributed by atoms with Gasteiger partial charge in [-0.3, -0.25) is 9.69 Å². The largest absolute Gasteiger partial charge is 0.390 e. The van der Waals surface area contributed by atoms with E-state index in [-0.39, 0.29) is 37.3 Å². The number of nitrogens with zero attached hydrogens (tertiary/aromatic N) is 4. The quantitative estimate of drug-likeness (QED) is 0.482. The third kappa shape index (κ3) is 6.59. The number of aliphatic hydroxyl groups excluding tert-OH is 1. The molecular formula is C27H37Cl2N5O2. The number of hydrogen-bond donors (Lipinski definition) is 2. The van der Waals surface area contributed by atoms with Crippen molar-refractivity contribution in [3.63, 3.8) is 0 Å². The Morgan fingerprint density at radius 2 is 1.64 bits per heavy atom. The third-order valence-electron chi connectivity index (χ3n) is 6.76. The van der Waals surface area contributed by atoms with Crippen molar-refractivity contribution in [2.24, 2.45) is 0 Å². The van der Waals surface area contributed by atoms with Gasteiger partial charge in [-0.15, -0.1) is 24.8 Å². The van der Waals surface area contributed by atoms with E-state index in [2.05, 4.69) is 52.1 Å². The predicted octanol–water partition coefficient (Wildman–Crippen LogP) is 3.86. The van der Waals surface area contributed by atoms with Crippen LogP contribution in [0.1, 0.15) is 33.1 Å². The van der Waals surface area contributed by atoms with Crippen LogP contribution in [0.15, 0.2) is 48.5 Å². The van der Waals surface area contributed by atoms with Gasteiger partial charge in [0.2, 0.25) is 0 Å². The van der Waals surface area contributed by atoms with Crippen LogP contribution in [0.4, 0.5) is 5.69 Å². The Morgan fingerprint density at radius 1 is 0.972 bits per heavy atom. The number of aromatic nitrogens is 2. The number of benzene rings is 2. The van der Waals surface area contributed by atoms with Gasteiger partial charge in [0, 0.05) is 50.6 Å². The van der Waals surface area contributed by atoms with Crippen molar-refractivity contribution in [3.8, 4) is 5.69 Å². The molecule has 7 nitrogen and oxygen atoms in total. The summed E-state index contributed by atoms with van der Waals surface area (Å²) in [6.45, 7) is 12.5. The number of imidazole rings is 1. The third-order valence-corrected chi connectivity index (χ3v) is 6.76. The number of para-hydroxylation sites is 1. The van der Waals surface area contributed by atoms with Crippen molar-refractivity contribution in [1.82, 2.24) is 19.8 Å². The van der Waals surface area contributed by atoms with E-state index in [1.165, 1.54) is 16.8 Å². The normalized spacial score (nSPS) is 14.5. The summed E-state index contributed by atoms with van der Waals surface area (Å²) in [5, 5.41) is 13.4. The Hall–Kier alpha value is -2.58. The lowest BCUT2D eigenvalue weighted by Gasteiger charge is -2.37. The number of rotatable bonds is 7. The molecule has 1 saturated heterocycles. The second-order valence-corrected chi connectivity index (χ2v) is 9.13. The zero-order valence-corrected chi connectivity index (χ0v) is 23.0. The minimum Gasteiger partial charge on any atom is -0.390 e. The summed E-state index contributed by atoms with van der Waals surface area (Å²) in [6.07, 6.45) is -0.631. The lowest BCUT2D eigenvalue weighted by Crippen LogP contribution is -2.50. The van der Waals surface area contributed by atoms with E-state index >= 15 is 0 Å². The molecule has 0 aliphatic carbocycles. The zero-order chi connectivity index (χ0) is 24.2. The van der Waals surface area contributed by atoms with E-state index in [1.54, 1.807) is 0 Å². The Bertz CT molecular complexity index is 1140. The van der Waals surface area contributed by atoms with Gasteiger partial charge in [0.25, 0.3) is 5.91 Å². The molecule has 1 aliphatic heterocycles. The van der Waals surface area contributed by atoms with E-state index in [0.29, 0.717) is 12.2 Å². The first-order chi connectivity index (χ1) is 16.3. The maximum atomic E-state index is 12.8. The van der Waals surface area contributed by atoms with Crippen LogP contribution in [0.2, 0.25) is 0 Å². The van der Waals surface area contributed by atoms with Gasteiger partial charge in [0.1, 0.15) is 11.5 Å². The molecule has 0 saturated carbocycles. The summed E-state index contributed by atoms with van der Waals surface area (Å²) < 4.78 is 1.97. The smallest absolute Gasteiger partial charge is 0.271 e. The fourth-order valence-electron chi connectivity index (χ4n) is 4.72. The molecule has 9 heteroatoms. The predicted molar refractivity (Wildman–Crippen MR) is 150 cm³/mol. The van der Waals surface area contributed by atoms with Crippen LogP contribution in [0, 0.1) is 27.7 Å². The Kier molecular flexibility index (Phi) is 10.8. The number of halogens is 2. The van der Waals surface area contributed by atoms with Crippen LogP contribution >= 0.6 is 24.8 Å². The Labute approximate surface area is 226 Å². The van der Waals surface area contributed by atoms with Gasteiger partial charge in [-0.1, -0.05) is 30.3 Å². The molecule has 2 heterocycles. The molecule has 3 aromatic rings. The van der Waals surface area contributed by atoms with E-state index in [9.17, 15) is 9.90 Å². The molecule has 1 amide bonds. The first-order valence-corrected chi connectivity index (χ1v) is 12.0. The molecule has 1 aliphatic rings. The van der Waals surface area contributed by atoms with E-state index in [4.69, 9.17) is 0 Å². The molecule has 0 spiro atoms. The average Bonchev–Trinajstić information content (AvgIpc) is 3.14. The summed E-state index contributed by atoms with van der Waals surface area (Å²) in [7, 11) is 0. The fourth-order valence-corrected chi connectivity index (χ4v) is 4.72. The van der Waals surface area contributed by atoms with Crippen LogP contribution in [-0.2, 0) is 0 Å². The second-order valence-electron chi connectivity index (χ2n) is 9.13. The maximum absolute atomic E-state index is 12.8. The van der Waals surface area contributed by atoms with Crippen molar-refractivity contribution >= 4 is 36.4 Å². The molecular weight excluding hydrogens is 497 g/mol. The van der Waals surface area contributed by atoms with Gasteiger partial charge in [-0.05, 0) is 57.0 Å². The molecule has 196 valence electrons. The van der Waals surface area contributed by atoms with E-state index in [1.807, 2.05) is 48.7 Å². The zero-order valence-electron chi connectivity index (χ0n) is 21.4. The number of hydrogen-bond acceptors (Lipinski definition) is 5. The summed E-state index contributed by atoms with van der Waals surface area (Å²) in [5.74, 6) is 0.505. The van der Waals surface area contributed by atoms with Crippen molar-refractivity contribution in [2.45, 2.75) is 33.8 Å². The summed E-state index contributed by atoms with van der Waals surface area (Å²) in [6, 6.07) is 16.3. The number of aryl methyl sites for hydroxylation is 2. The first kappa shape index (κ1) is 29.6. The highest BCUT2D eigenvalue weighted by Gasteiger charge is 2.22. The lowest BCUT2D eigenvalue weighted by atomic mass is 10.1. The van der Waals surface area contributed by atoms with E-state index in [0.717, 1.165) is 43.4 Å². The van der Waals surface area contributed by atoms with Crippen molar-refractivity contribution in [3.05, 3.63) is 76.9 Å². The molecule has 1 fully saturated rings. The number of aliphatic hydroxyl groups is 1. The number of carbonyl (C=O) groups excluding carboxylic acids is 1. The number of β-amino-alcohol motifs (C(OH)–C–C–N with tert-alkyl or cyclic N) is 1. The lowest BCUT2D eigenvalue weighted by molar-refractivity contribution is 0.0847. The van der Waals surface area contributed by atoms with Gasteiger partial charge < -0.3 is 19.9 Å². The SMILES string of the molecule is Cc1cccc(N2CCN(C[C@H](O)CNC(=O)c3nc(C)n(-c4ccccc4)c3C)CC2)c1C.Cl.Cl. The number of nitrogens with one attached hydrogen (secondary N) is 1. The van der Waals surface area contributed by atoms with Crippen LogP contribution in [0.5, 0.6) is 0 Å². The molecule has 2 N–H and O–H groups in total. The molecule has 2 aromatic carbocycles. The number of amides is 1. The molecule has 1 atom stereocenters. The molecule has 36 heavy (non-hydrogen) atoms. The molecule has 0 unspecified atom stereocenters. The van der Waals surface area contributed by atoms with Crippen molar-refractivity contribution in [1.29, 1.82) is 0 Å². The van der Waals surface area contributed by atoms with Crippen LogP contribution < -0.4 is 10.2 Å². The van der Waals surface area contributed by atoms with Crippen LogP contribution in [0.3, 0.4) is 0 Å². The van der Waals surface area contributed by atoms with Crippen LogP contribution in [-0.4, -0.2) is 70.8 Å². The van der Waals surface area contributed by atoms with Gasteiger partial charge in [0.15, 0.2) is 0 Å². The Morgan fingerprint density at radius 3 is 2.31 bits per heavy atom. The van der Waals surface area contributed by atoms with Gasteiger partial charge in [-0.25, -0.2) is 4.98 Å². The fraction of sp³-hybridized carbons (Fsp3) is 0.407. The Balaban J connectivity index is 0.00000228. The molecule has 0 radical (unpaired) electrons. The minimum atomic E-state index is -0.631. The monoisotopic (exact) mass is 533 g/mol. The van der Waals surface area contributed by atoms with Crippen molar-refractivity contribution < 1.29 is 9.90 Å². The average molecular weight is 535 g/mol. The number of piperazine rings is 1. The second kappa shape index (κ2) is 13.1. The molecule has 0 bridgehead atoms. The maximum Gasteiger partial charge on any atom is 0.271 e. The molecule has 4 rings (SSSR count). The number of carbonyl (C=O) groups is 1. The highest BCUT2D eigenvalue weighted by Crippen LogP contribution is 2.24. The summed E-state index contributed by atoms with van der Waals surface area (Å²) in [4.78, 5) is 22.0.